The largest absolute Gasteiger partial charge is 0.446 e. The summed E-state index contributed by atoms with van der Waals surface area (Å²) in [5.41, 5.74) is 1.49. The van der Waals surface area contributed by atoms with Crippen molar-refractivity contribution >= 4 is 18.4 Å². The summed E-state index contributed by atoms with van der Waals surface area (Å²) in [4.78, 5) is 42.3. The number of ether oxygens (including phenoxy) is 1. The first-order chi connectivity index (χ1) is 23.3. The summed E-state index contributed by atoms with van der Waals surface area (Å²) in [5.74, 6) is -0.210. The number of hydrogen-bond donors (Lipinski definition) is 1. The highest BCUT2D eigenvalue weighted by Crippen LogP contribution is 2.12. The quantitative estimate of drug-likeness (QED) is 0.0550. The van der Waals surface area contributed by atoms with Crippen LogP contribution in [0.3, 0.4) is 0 Å². The molecule has 0 aliphatic rings. The molecule has 0 fully saturated rings. The molecular formula is C40H66N4O4. The van der Waals surface area contributed by atoms with E-state index in [-0.39, 0.29) is 18.1 Å². The lowest BCUT2D eigenvalue weighted by atomic mass is 10.1. The molecule has 0 aliphatic heterocycles. The van der Waals surface area contributed by atoms with E-state index < -0.39 is 0 Å². The highest BCUT2D eigenvalue weighted by atomic mass is 16.6. The third-order valence-corrected chi connectivity index (χ3v) is 8.53. The second-order valence-electron chi connectivity index (χ2n) is 12.7. The number of unbranched alkanes of at least 4 members (excludes halogenated alkanes) is 8. The van der Waals surface area contributed by atoms with Crippen molar-refractivity contribution in [2.45, 2.75) is 111 Å². The summed E-state index contributed by atoms with van der Waals surface area (Å²) < 4.78 is 5.51. The van der Waals surface area contributed by atoms with Crippen LogP contribution in [-0.2, 0) is 9.53 Å². The van der Waals surface area contributed by atoms with Crippen molar-refractivity contribution in [2.24, 2.45) is 0 Å². The standard InChI is InChI=1S/C40H66N4O4/c1-6-8-9-10-13-16-21-29-41-40(47)48-37(4)28-34-43(7-2)32-23-18-15-12-11-14-17-22-30-42(5)31-24-25-33-44(35-45)39(46)38-27-20-19-26-36(38)3/h8-10,13,16,19-21,26-27,35,37H,6-7,11-12,14-15,17-18,22-25,28-34H2,1-5H3,(H,41,47)/b9-8-,13-10-,21-16+. The number of aryl methyl sites for hydroxylation is 1. The minimum Gasteiger partial charge on any atom is -0.446 e. The van der Waals surface area contributed by atoms with Gasteiger partial charge < -0.3 is 19.9 Å². The first-order valence-electron chi connectivity index (χ1n) is 18.5. The molecule has 1 rings (SSSR count). The predicted molar refractivity (Wildman–Crippen MR) is 200 cm³/mol. The molecule has 0 aliphatic carbocycles. The van der Waals surface area contributed by atoms with Crippen LogP contribution in [0.15, 0.2) is 60.7 Å². The van der Waals surface area contributed by atoms with Gasteiger partial charge in [0.2, 0.25) is 6.41 Å². The third-order valence-electron chi connectivity index (χ3n) is 8.53. The lowest BCUT2D eigenvalue weighted by molar-refractivity contribution is -0.116. The second-order valence-corrected chi connectivity index (χ2v) is 12.7. The molecule has 8 nitrogen and oxygen atoms in total. The molecule has 0 aromatic heterocycles. The average molecular weight is 667 g/mol. The number of carbonyl (C=O) groups excluding carboxylic acids is 3. The van der Waals surface area contributed by atoms with Crippen LogP contribution in [0.4, 0.5) is 4.79 Å². The van der Waals surface area contributed by atoms with Gasteiger partial charge >= 0.3 is 6.09 Å². The lowest BCUT2D eigenvalue weighted by Gasteiger charge is -2.22. The Labute approximate surface area is 292 Å². The molecule has 270 valence electrons. The molecule has 0 radical (unpaired) electrons. The van der Waals surface area contributed by atoms with E-state index in [2.05, 4.69) is 42.1 Å². The van der Waals surface area contributed by atoms with Gasteiger partial charge in [0.25, 0.3) is 5.91 Å². The molecule has 8 heteroatoms. The number of benzene rings is 1. The molecule has 0 saturated carbocycles. The Hall–Kier alpha value is -3.23. The van der Waals surface area contributed by atoms with Gasteiger partial charge in [0.1, 0.15) is 6.10 Å². The van der Waals surface area contributed by atoms with Crippen LogP contribution < -0.4 is 5.32 Å². The summed E-state index contributed by atoms with van der Waals surface area (Å²) in [6.45, 7) is 14.2. The van der Waals surface area contributed by atoms with E-state index in [1.54, 1.807) is 6.07 Å². The number of allylic oxidation sites excluding steroid dienone is 5. The fraction of sp³-hybridized carbons (Fsp3) is 0.625. The highest BCUT2D eigenvalue weighted by molar-refractivity contribution is 6.00. The van der Waals surface area contributed by atoms with E-state index in [0.29, 0.717) is 25.1 Å². The molecular weight excluding hydrogens is 600 g/mol. The van der Waals surface area contributed by atoms with Gasteiger partial charge in [-0.1, -0.05) is 107 Å². The Morgan fingerprint density at radius 3 is 2.00 bits per heavy atom. The minimum absolute atomic E-state index is 0.109. The van der Waals surface area contributed by atoms with Crippen LogP contribution in [-0.4, -0.2) is 92.1 Å². The molecule has 48 heavy (non-hydrogen) atoms. The normalized spacial score (nSPS) is 12.5. The highest BCUT2D eigenvalue weighted by Gasteiger charge is 2.16. The zero-order valence-electron chi connectivity index (χ0n) is 30.8. The van der Waals surface area contributed by atoms with Crippen LogP contribution in [0.25, 0.3) is 0 Å². The fourth-order valence-corrected chi connectivity index (χ4v) is 5.43. The monoisotopic (exact) mass is 667 g/mol. The lowest BCUT2D eigenvalue weighted by Crippen LogP contribution is -2.31. The number of alkyl carbamates (subject to hydrolysis) is 1. The molecule has 3 amide bonds. The van der Waals surface area contributed by atoms with Gasteiger partial charge in [-0.2, -0.15) is 0 Å². The Morgan fingerprint density at radius 2 is 1.38 bits per heavy atom. The topological polar surface area (TPSA) is 82.2 Å². The molecule has 0 heterocycles. The second kappa shape index (κ2) is 28.8. The number of nitrogens with zero attached hydrogens (tertiary/aromatic N) is 3. The van der Waals surface area contributed by atoms with E-state index >= 15 is 0 Å². The molecule has 0 saturated heterocycles. The number of imide groups is 1. The maximum atomic E-state index is 12.7. The van der Waals surface area contributed by atoms with Crippen LogP contribution >= 0.6 is 0 Å². The van der Waals surface area contributed by atoms with Crippen molar-refractivity contribution in [1.29, 1.82) is 0 Å². The van der Waals surface area contributed by atoms with Gasteiger partial charge in [-0.05, 0) is 97.2 Å². The minimum atomic E-state index is -0.360. The van der Waals surface area contributed by atoms with Crippen molar-refractivity contribution in [3.8, 4) is 0 Å². The molecule has 1 atom stereocenters. The molecule has 1 aromatic carbocycles. The first-order valence-corrected chi connectivity index (χ1v) is 18.5. The van der Waals surface area contributed by atoms with E-state index in [1.807, 2.05) is 62.4 Å². The van der Waals surface area contributed by atoms with Crippen molar-refractivity contribution in [3.05, 3.63) is 71.8 Å². The first kappa shape index (κ1) is 42.8. The number of amides is 3. The van der Waals surface area contributed by atoms with Gasteiger partial charge in [-0.25, -0.2) is 4.79 Å². The van der Waals surface area contributed by atoms with Crippen molar-refractivity contribution in [1.82, 2.24) is 20.0 Å². The molecule has 1 N–H and O–H groups in total. The van der Waals surface area contributed by atoms with Gasteiger partial charge in [0.05, 0.1) is 0 Å². The van der Waals surface area contributed by atoms with E-state index in [1.165, 1.54) is 56.3 Å². The van der Waals surface area contributed by atoms with E-state index in [4.69, 9.17) is 4.74 Å². The summed E-state index contributed by atoms with van der Waals surface area (Å²) in [5, 5.41) is 2.78. The van der Waals surface area contributed by atoms with Crippen LogP contribution in [0.5, 0.6) is 0 Å². The molecule has 0 bridgehead atoms. The summed E-state index contributed by atoms with van der Waals surface area (Å²) in [6, 6.07) is 7.41. The van der Waals surface area contributed by atoms with Gasteiger partial charge in [0.15, 0.2) is 0 Å². The maximum absolute atomic E-state index is 12.7. The Kier molecular flexibility index (Phi) is 25.6. The van der Waals surface area contributed by atoms with Crippen LogP contribution in [0.1, 0.15) is 114 Å². The fourth-order valence-electron chi connectivity index (χ4n) is 5.43. The number of carbonyl (C=O) groups is 3. The number of nitrogens with one attached hydrogen (secondary N) is 1. The Morgan fingerprint density at radius 1 is 0.792 bits per heavy atom. The van der Waals surface area contributed by atoms with Gasteiger partial charge in [0, 0.05) is 25.2 Å². The molecule has 1 aromatic rings. The summed E-state index contributed by atoms with van der Waals surface area (Å²) >= 11 is 0. The van der Waals surface area contributed by atoms with Crippen molar-refractivity contribution < 1.29 is 19.1 Å². The van der Waals surface area contributed by atoms with Gasteiger partial charge in [-0.15, -0.1) is 0 Å². The molecule has 1 unspecified atom stereocenters. The van der Waals surface area contributed by atoms with Crippen molar-refractivity contribution in [2.75, 3.05) is 52.9 Å². The number of rotatable bonds is 28. The predicted octanol–water partition coefficient (Wildman–Crippen LogP) is 8.33. The average Bonchev–Trinajstić information content (AvgIpc) is 3.08. The summed E-state index contributed by atoms with van der Waals surface area (Å²) in [6.07, 6.45) is 25.8. The maximum Gasteiger partial charge on any atom is 0.407 e. The Balaban J connectivity index is 2.01. The molecule has 0 spiro atoms. The zero-order valence-corrected chi connectivity index (χ0v) is 30.8. The third kappa shape index (κ3) is 21.6. The van der Waals surface area contributed by atoms with Crippen molar-refractivity contribution in [3.63, 3.8) is 0 Å². The number of hydrogen-bond acceptors (Lipinski definition) is 6. The van der Waals surface area contributed by atoms with E-state index in [9.17, 15) is 14.4 Å². The van der Waals surface area contributed by atoms with Crippen LogP contribution in [0, 0.1) is 6.92 Å². The summed E-state index contributed by atoms with van der Waals surface area (Å²) in [7, 11) is 2.16. The van der Waals surface area contributed by atoms with E-state index in [0.717, 1.165) is 64.0 Å². The van der Waals surface area contributed by atoms with Crippen LogP contribution in [0.2, 0.25) is 0 Å². The SMILES string of the molecule is CC\C=C/C=C\C=C\CNC(=O)OC(C)CCN(CC)CCCCCCCCCCN(C)CCCCN(C=O)C(=O)c1ccccc1C. The zero-order chi connectivity index (χ0) is 35.2. The van der Waals surface area contributed by atoms with Gasteiger partial charge in [-0.3, -0.25) is 14.5 Å². The Bertz CT molecular complexity index is 1090. The smallest absolute Gasteiger partial charge is 0.407 e.